The maximum atomic E-state index is 11.8. The van der Waals surface area contributed by atoms with Gasteiger partial charge in [-0.15, -0.1) is 4.28 Å². The molecule has 1 aliphatic rings. The lowest BCUT2D eigenvalue weighted by atomic mass is 10.1. The van der Waals surface area contributed by atoms with E-state index >= 15 is 0 Å². The molecule has 92 valence electrons. The van der Waals surface area contributed by atoms with Crippen LogP contribution in [0.5, 0.6) is 0 Å². The molecule has 5 nitrogen and oxygen atoms in total. The van der Waals surface area contributed by atoms with Crippen LogP contribution < -0.4 is 0 Å². The summed E-state index contributed by atoms with van der Waals surface area (Å²) in [5.41, 5.74) is 0.956. The van der Waals surface area contributed by atoms with E-state index in [2.05, 4.69) is 0 Å². The first-order valence-corrected chi connectivity index (χ1v) is 6.64. The second-order valence-electron chi connectivity index (χ2n) is 4.11. The molecule has 2 rings (SSSR count). The largest absolute Gasteiger partial charge is 0.317 e. The Labute approximate surface area is 100 Å². The molecule has 1 amide bonds. The van der Waals surface area contributed by atoms with Crippen molar-refractivity contribution in [3.8, 4) is 0 Å². The fourth-order valence-corrected chi connectivity index (χ4v) is 2.52. The maximum Gasteiger partial charge on any atom is 0.317 e. The van der Waals surface area contributed by atoms with Crippen LogP contribution in [0.3, 0.4) is 0 Å². The Hall–Kier alpha value is -1.40. The lowest BCUT2D eigenvalue weighted by molar-refractivity contribution is -0.186. The van der Waals surface area contributed by atoms with Crippen molar-refractivity contribution < 1.29 is 17.5 Å². The molecule has 1 heterocycles. The van der Waals surface area contributed by atoms with Gasteiger partial charge in [0.15, 0.2) is 0 Å². The topological polar surface area (TPSA) is 63.7 Å². The SMILES string of the molecule is Cc1ccc(S(=O)(=O)ON2C(=O)CC2C)cc1. The van der Waals surface area contributed by atoms with Crippen LogP contribution >= 0.6 is 0 Å². The number of hydrogen-bond donors (Lipinski definition) is 0. The van der Waals surface area contributed by atoms with Crippen molar-refractivity contribution in [3.63, 3.8) is 0 Å². The normalized spacial score (nSPS) is 20.2. The number of carbonyl (C=O) groups excluding carboxylic acids is 1. The highest BCUT2D eigenvalue weighted by Crippen LogP contribution is 2.23. The van der Waals surface area contributed by atoms with Crippen LogP contribution in [-0.2, 0) is 19.2 Å². The summed E-state index contributed by atoms with van der Waals surface area (Å²) in [5, 5.41) is 0.898. The van der Waals surface area contributed by atoms with Crippen LogP contribution in [0.4, 0.5) is 0 Å². The molecule has 0 bridgehead atoms. The van der Waals surface area contributed by atoms with Gasteiger partial charge < -0.3 is 0 Å². The Morgan fingerprint density at radius 1 is 1.29 bits per heavy atom. The average Bonchev–Trinajstić information content (AvgIpc) is 2.27. The van der Waals surface area contributed by atoms with Gasteiger partial charge in [0.25, 0.3) is 0 Å². The van der Waals surface area contributed by atoms with Gasteiger partial charge in [0.05, 0.1) is 17.4 Å². The zero-order valence-corrected chi connectivity index (χ0v) is 10.4. The van der Waals surface area contributed by atoms with E-state index in [9.17, 15) is 13.2 Å². The fraction of sp³-hybridized carbons (Fsp3) is 0.364. The second-order valence-corrected chi connectivity index (χ2v) is 5.64. The van der Waals surface area contributed by atoms with Gasteiger partial charge in [-0.1, -0.05) is 17.7 Å². The molecule has 1 saturated heterocycles. The lowest BCUT2D eigenvalue weighted by Crippen LogP contribution is -2.51. The van der Waals surface area contributed by atoms with Crippen LogP contribution in [0.25, 0.3) is 0 Å². The maximum absolute atomic E-state index is 11.8. The third-order valence-electron chi connectivity index (χ3n) is 2.60. The first kappa shape index (κ1) is 12.1. The molecular formula is C11H13NO4S. The third kappa shape index (κ3) is 2.32. The molecule has 1 aromatic carbocycles. The number of nitrogens with zero attached hydrogens (tertiary/aromatic N) is 1. The number of rotatable bonds is 3. The van der Waals surface area contributed by atoms with E-state index < -0.39 is 10.1 Å². The first-order valence-electron chi connectivity index (χ1n) is 5.23. The molecule has 1 aromatic rings. The Morgan fingerprint density at radius 3 is 2.35 bits per heavy atom. The summed E-state index contributed by atoms with van der Waals surface area (Å²) in [6, 6.07) is 6.08. The number of β-lactam (4-membered cyclic amide) rings is 1. The van der Waals surface area contributed by atoms with Crippen molar-refractivity contribution in [2.24, 2.45) is 0 Å². The van der Waals surface area contributed by atoms with E-state index in [0.717, 1.165) is 10.6 Å². The predicted octanol–water partition coefficient (Wildman–Crippen LogP) is 1.24. The van der Waals surface area contributed by atoms with E-state index in [-0.39, 0.29) is 16.8 Å². The summed E-state index contributed by atoms with van der Waals surface area (Å²) in [4.78, 5) is 11.2. The van der Waals surface area contributed by atoms with E-state index in [0.29, 0.717) is 6.42 Å². The van der Waals surface area contributed by atoms with Gasteiger partial charge in [0, 0.05) is 0 Å². The number of carbonyl (C=O) groups is 1. The van der Waals surface area contributed by atoms with Crippen molar-refractivity contribution >= 4 is 16.0 Å². The van der Waals surface area contributed by atoms with Crippen molar-refractivity contribution in [1.29, 1.82) is 0 Å². The Kier molecular flexibility index (Phi) is 2.92. The van der Waals surface area contributed by atoms with Crippen LogP contribution in [0.1, 0.15) is 18.9 Å². The highest BCUT2D eigenvalue weighted by atomic mass is 32.2. The molecule has 0 aliphatic carbocycles. The minimum absolute atomic E-state index is 0.0509. The number of benzene rings is 1. The number of hydroxylamine groups is 2. The molecule has 0 saturated carbocycles. The Morgan fingerprint density at radius 2 is 1.88 bits per heavy atom. The fourth-order valence-electron chi connectivity index (χ4n) is 1.53. The standard InChI is InChI=1S/C11H13NO4S/c1-8-3-5-10(6-4-8)17(14,15)16-12-9(2)7-11(12)13/h3-6,9H,7H2,1-2H3. The summed E-state index contributed by atoms with van der Waals surface area (Å²) in [7, 11) is -3.90. The monoisotopic (exact) mass is 255 g/mol. The molecule has 1 atom stereocenters. The van der Waals surface area contributed by atoms with Crippen LogP contribution in [0.15, 0.2) is 29.2 Å². The Bertz CT molecular complexity index is 535. The van der Waals surface area contributed by atoms with Gasteiger partial charge in [-0.3, -0.25) is 4.79 Å². The van der Waals surface area contributed by atoms with Crippen molar-refractivity contribution in [1.82, 2.24) is 5.06 Å². The molecule has 17 heavy (non-hydrogen) atoms. The molecule has 0 spiro atoms. The summed E-state index contributed by atoms with van der Waals surface area (Å²) in [6.07, 6.45) is 0.323. The number of aryl methyl sites for hydroxylation is 1. The van der Waals surface area contributed by atoms with Crippen molar-refractivity contribution in [2.45, 2.75) is 31.2 Å². The Balaban J connectivity index is 2.19. The van der Waals surface area contributed by atoms with E-state index in [1.165, 1.54) is 12.1 Å². The number of amides is 1. The molecular weight excluding hydrogens is 242 g/mol. The van der Waals surface area contributed by atoms with Gasteiger partial charge in [-0.2, -0.15) is 8.42 Å². The van der Waals surface area contributed by atoms with Crippen LogP contribution in [-0.4, -0.2) is 25.4 Å². The van der Waals surface area contributed by atoms with E-state index in [4.69, 9.17) is 4.28 Å². The number of hydrogen-bond acceptors (Lipinski definition) is 4. The summed E-state index contributed by atoms with van der Waals surface area (Å²) >= 11 is 0. The zero-order valence-electron chi connectivity index (χ0n) is 9.58. The molecule has 0 radical (unpaired) electrons. The zero-order chi connectivity index (χ0) is 12.6. The van der Waals surface area contributed by atoms with E-state index in [1.54, 1.807) is 19.1 Å². The molecule has 0 N–H and O–H groups in total. The molecule has 1 unspecified atom stereocenters. The van der Waals surface area contributed by atoms with Gasteiger partial charge >= 0.3 is 10.1 Å². The highest BCUT2D eigenvalue weighted by molar-refractivity contribution is 7.86. The molecule has 0 aromatic heterocycles. The van der Waals surface area contributed by atoms with Crippen LogP contribution in [0, 0.1) is 6.92 Å². The van der Waals surface area contributed by atoms with Gasteiger partial charge in [0.2, 0.25) is 5.91 Å². The van der Waals surface area contributed by atoms with Crippen molar-refractivity contribution in [3.05, 3.63) is 29.8 Å². The minimum Gasteiger partial charge on any atom is -0.272 e. The summed E-state index contributed by atoms with van der Waals surface area (Å²) in [6.45, 7) is 3.59. The van der Waals surface area contributed by atoms with Gasteiger partial charge in [-0.25, -0.2) is 5.06 Å². The van der Waals surface area contributed by atoms with Crippen molar-refractivity contribution in [2.75, 3.05) is 0 Å². The van der Waals surface area contributed by atoms with Crippen LogP contribution in [0.2, 0.25) is 0 Å². The minimum atomic E-state index is -3.90. The quantitative estimate of drug-likeness (QED) is 0.762. The second kappa shape index (κ2) is 4.12. The smallest absolute Gasteiger partial charge is 0.272 e. The summed E-state index contributed by atoms with van der Waals surface area (Å²) < 4.78 is 28.4. The van der Waals surface area contributed by atoms with Gasteiger partial charge in [-0.05, 0) is 26.0 Å². The van der Waals surface area contributed by atoms with Gasteiger partial charge in [0.1, 0.15) is 0 Å². The molecule has 1 aliphatic heterocycles. The third-order valence-corrected chi connectivity index (χ3v) is 3.81. The predicted molar refractivity (Wildman–Crippen MR) is 60.4 cm³/mol. The highest BCUT2D eigenvalue weighted by Gasteiger charge is 2.37. The summed E-state index contributed by atoms with van der Waals surface area (Å²) in [5.74, 6) is -0.312. The first-order chi connectivity index (χ1) is 7.90. The molecule has 6 heteroatoms. The lowest BCUT2D eigenvalue weighted by Gasteiger charge is -2.35. The molecule has 1 fully saturated rings. The average molecular weight is 255 g/mol. The van der Waals surface area contributed by atoms with E-state index in [1.807, 2.05) is 6.92 Å².